The van der Waals surface area contributed by atoms with Crippen LogP contribution in [0.25, 0.3) is 0 Å². The first-order valence-corrected chi connectivity index (χ1v) is 5.44. The van der Waals surface area contributed by atoms with Gasteiger partial charge in [-0.25, -0.2) is 0 Å². The Labute approximate surface area is 81.9 Å². The van der Waals surface area contributed by atoms with Gasteiger partial charge in [0.25, 0.3) is 0 Å². The third kappa shape index (κ3) is 7.82. The standard InChI is InChI=1S/C11H22NO/c1-3-4-5-6-7-8-9-10(2)11(12)13/h10,12H,3-9H2,1-2H3. The topological polar surface area (TPSA) is 40.9 Å². The number of hydrogen-bond donors (Lipinski definition) is 0. The summed E-state index contributed by atoms with van der Waals surface area (Å²) in [6.45, 7) is 4.06. The van der Waals surface area contributed by atoms with E-state index in [-0.39, 0.29) is 5.92 Å². The number of nitrogens with one attached hydrogen (secondary N) is 1. The molecule has 2 nitrogen and oxygen atoms in total. The van der Waals surface area contributed by atoms with Crippen LogP contribution in [-0.2, 0) is 4.79 Å². The molecule has 0 fully saturated rings. The Morgan fingerprint density at radius 1 is 1.15 bits per heavy atom. The smallest absolute Gasteiger partial charge is 0.241 e. The molecule has 1 radical (unpaired) electrons. The molecule has 1 atom stereocenters. The molecule has 1 amide bonds. The van der Waals surface area contributed by atoms with E-state index in [2.05, 4.69) is 6.92 Å². The zero-order valence-electron chi connectivity index (χ0n) is 8.94. The van der Waals surface area contributed by atoms with Gasteiger partial charge in [0, 0.05) is 5.92 Å². The Balaban J connectivity index is 3.11. The summed E-state index contributed by atoms with van der Waals surface area (Å²) in [6.07, 6.45) is 8.43. The number of carbonyl (C=O) groups is 1. The Kier molecular flexibility index (Phi) is 7.76. The summed E-state index contributed by atoms with van der Waals surface area (Å²) in [5, 5.41) is 0. The van der Waals surface area contributed by atoms with Crippen LogP contribution in [0.5, 0.6) is 0 Å². The normalized spacial score (nSPS) is 12.8. The van der Waals surface area contributed by atoms with Crippen LogP contribution < -0.4 is 5.73 Å². The molecule has 0 bridgehead atoms. The quantitative estimate of drug-likeness (QED) is 0.534. The van der Waals surface area contributed by atoms with Gasteiger partial charge in [-0.15, -0.1) is 0 Å². The zero-order valence-corrected chi connectivity index (χ0v) is 8.94. The minimum Gasteiger partial charge on any atom is -0.273 e. The van der Waals surface area contributed by atoms with E-state index in [1.54, 1.807) is 0 Å². The predicted octanol–water partition coefficient (Wildman–Crippen LogP) is 3.18. The number of hydrogen-bond acceptors (Lipinski definition) is 1. The van der Waals surface area contributed by atoms with Crippen LogP contribution in [0.1, 0.15) is 58.8 Å². The monoisotopic (exact) mass is 184 g/mol. The van der Waals surface area contributed by atoms with Gasteiger partial charge in [-0.05, 0) is 6.42 Å². The van der Waals surface area contributed by atoms with Crippen LogP contribution in [0.15, 0.2) is 0 Å². The van der Waals surface area contributed by atoms with Crippen molar-refractivity contribution in [3.8, 4) is 0 Å². The van der Waals surface area contributed by atoms with E-state index in [0.29, 0.717) is 0 Å². The number of carbonyl (C=O) groups excluding carboxylic acids is 1. The number of amides is 1. The van der Waals surface area contributed by atoms with Gasteiger partial charge >= 0.3 is 0 Å². The maximum Gasteiger partial charge on any atom is 0.241 e. The van der Waals surface area contributed by atoms with E-state index in [4.69, 9.17) is 5.73 Å². The molecule has 0 aliphatic heterocycles. The molecule has 0 aromatic heterocycles. The zero-order chi connectivity index (χ0) is 10.1. The number of rotatable bonds is 8. The van der Waals surface area contributed by atoms with Crippen LogP contribution in [0.3, 0.4) is 0 Å². The molecule has 0 heterocycles. The van der Waals surface area contributed by atoms with Crippen LogP contribution in [0.2, 0.25) is 0 Å². The highest BCUT2D eigenvalue weighted by molar-refractivity contribution is 5.75. The summed E-state index contributed by atoms with van der Waals surface area (Å²) in [5.41, 5.74) is 6.89. The van der Waals surface area contributed by atoms with Crippen molar-refractivity contribution in [2.75, 3.05) is 0 Å². The van der Waals surface area contributed by atoms with Gasteiger partial charge in [0.1, 0.15) is 0 Å². The van der Waals surface area contributed by atoms with Crippen molar-refractivity contribution in [3.05, 3.63) is 0 Å². The van der Waals surface area contributed by atoms with Gasteiger partial charge in [-0.2, -0.15) is 0 Å². The summed E-state index contributed by atoms with van der Waals surface area (Å²) in [6, 6.07) is 0. The molecule has 0 aliphatic rings. The second-order valence-electron chi connectivity index (χ2n) is 3.82. The summed E-state index contributed by atoms with van der Waals surface area (Å²) in [5.74, 6) is -0.459. The highest BCUT2D eigenvalue weighted by Crippen LogP contribution is 2.11. The van der Waals surface area contributed by atoms with Gasteiger partial charge in [0.05, 0.1) is 0 Å². The van der Waals surface area contributed by atoms with Gasteiger partial charge in [0.15, 0.2) is 0 Å². The third-order valence-corrected chi connectivity index (χ3v) is 2.44. The highest BCUT2D eigenvalue weighted by atomic mass is 16.1. The lowest BCUT2D eigenvalue weighted by molar-refractivity contribution is -0.122. The Morgan fingerprint density at radius 3 is 2.23 bits per heavy atom. The van der Waals surface area contributed by atoms with E-state index in [0.717, 1.165) is 12.8 Å². The van der Waals surface area contributed by atoms with E-state index in [1.807, 2.05) is 6.92 Å². The predicted molar refractivity (Wildman–Crippen MR) is 55.3 cm³/mol. The lowest BCUT2D eigenvalue weighted by Crippen LogP contribution is -2.10. The van der Waals surface area contributed by atoms with Crippen LogP contribution in [0.4, 0.5) is 0 Å². The fourth-order valence-electron chi connectivity index (χ4n) is 1.36. The third-order valence-electron chi connectivity index (χ3n) is 2.44. The first-order chi connectivity index (χ1) is 6.18. The molecule has 0 aliphatic carbocycles. The fraction of sp³-hybridized carbons (Fsp3) is 0.909. The SMILES string of the molecule is CCCCCCCCC(C)C([NH])=O. The van der Waals surface area contributed by atoms with Crippen molar-refractivity contribution >= 4 is 5.91 Å². The van der Waals surface area contributed by atoms with Crippen molar-refractivity contribution in [3.63, 3.8) is 0 Å². The first-order valence-electron chi connectivity index (χ1n) is 5.44. The van der Waals surface area contributed by atoms with Gasteiger partial charge in [0.2, 0.25) is 5.91 Å². The van der Waals surface area contributed by atoms with Crippen LogP contribution in [-0.4, -0.2) is 5.91 Å². The van der Waals surface area contributed by atoms with Crippen molar-refractivity contribution in [1.82, 2.24) is 5.73 Å². The van der Waals surface area contributed by atoms with Crippen molar-refractivity contribution in [1.29, 1.82) is 0 Å². The summed E-state index contributed by atoms with van der Waals surface area (Å²) in [7, 11) is 0. The summed E-state index contributed by atoms with van der Waals surface area (Å²) < 4.78 is 0. The maximum absolute atomic E-state index is 10.6. The van der Waals surface area contributed by atoms with Crippen molar-refractivity contribution in [2.45, 2.75) is 58.8 Å². The molecule has 1 N–H and O–H groups in total. The second kappa shape index (κ2) is 8.09. The lowest BCUT2D eigenvalue weighted by Gasteiger charge is -2.05. The molecule has 0 rings (SSSR count). The molecule has 0 aromatic rings. The Bertz CT molecular complexity index is 134. The van der Waals surface area contributed by atoms with Crippen LogP contribution in [0, 0.1) is 5.92 Å². The summed E-state index contributed by atoms with van der Waals surface area (Å²) >= 11 is 0. The van der Waals surface area contributed by atoms with Crippen LogP contribution >= 0.6 is 0 Å². The van der Waals surface area contributed by atoms with Gasteiger partial charge in [-0.1, -0.05) is 52.4 Å². The average molecular weight is 184 g/mol. The largest absolute Gasteiger partial charge is 0.273 e. The molecule has 2 heteroatoms. The molecule has 13 heavy (non-hydrogen) atoms. The van der Waals surface area contributed by atoms with E-state index in [1.165, 1.54) is 32.1 Å². The molecular formula is C11H22NO. The molecule has 77 valence electrons. The lowest BCUT2D eigenvalue weighted by atomic mass is 10.0. The molecular weight excluding hydrogens is 162 g/mol. The molecule has 1 unspecified atom stereocenters. The molecule has 0 saturated carbocycles. The minimum atomic E-state index is -0.409. The van der Waals surface area contributed by atoms with Crippen molar-refractivity contribution in [2.24, 2.45) is 5.92 Å². The molecule has 0 spiro atoms. The van der Waals surface area contributed by atoms with E-state index in [9.17, 15) is 4.79 Å². The molecule has 0 aromatic carbocycles. The van der Waals surface area contributed by atoms with Crippen molar-refractivity contribution < 1.29 is 4.79 Å². The first kappa shape index (κ1) is 12.5. The van der Waals surface area contributed by atoms with E-state index < -0.39 is 5.91 Å². The van der Waals surface area contributed by atoms with Gasteiger partial charge in [-0.3, -0.25) is 10.5 Å². The molecule has 0 saturated heterocycles. The second-order valence-corrected chi connectivity index (χ2v) is 3.82. The van der Waals surface area contributed by atoms with E-state index >= 15 is 0 Å². The fourth-order valence-corrected chi connectivity index (χ4v) is 1.36. The average Bonchev–Trinajstić information content (AvgIpc) is 2.10. The maximum atomic E-state index is 10.6. The highest BCUT2D eigenvalue weighted by Gasteiger charge is 2.07. The number of unbranched alkanes of at least 4 members (excludes halogenated alkanes) is 5. The van der Waals surface area contributed by atoms with Gasteiger partial charge < -0.3 is 0 Å². The minimum absolute atomic E-state index is 0.0498. The Morgan fingerprint density at radius 2 is 1.69 bits per heavy atom. The Hall–Kier alpha value is -0.530. The summed E-state index contributed by atoms with van der Waals surface area (Å²) in [4.78, 5) is 10.6.